The summed E-state index contributed by atoms with van der Waals surface area (Å²) in [6.07, 6.45) is 1.28. The molecule has 1 unspecified atom stereocenters. The average molecular weight is 400 g/mol. The first-order valence-corrected chi connectivity index (χ1v) is 8.59. The highest BCUT2D eigenvalue weighted by atomic mass is 19.1. The topological polar surface area (TPSA) is 103 Å². The van der Waals surface area contributed by atoms with Crippen molar-refractivity contribution in [2.75, 3.05) is 13.2 Å². The van der Waals surface area contributed by atoms with Gasteiger partial charge in [0.1, 0.15) is 12.4 Å². The Morgan fingerprint density at radius 1 is 1.07 bits per heavy atom. The molecule has 2 aromatic carbocycles. The van der Waals surface area contributed by atoms with Crippen molar-refractivity contribution < 1.29 is 33.0 Å². The van der Waals surface area contributed by atoms with Gasteiger partial charge in [0.25, 0.3) is 11.8 Å². The molecule has 0 fully saturated rings. The summed E-state index contributed by atoms with van der Waals surface area (Å²) in [4.78, 5) is 35.4. The Kier molecular flexibility index (Phi) is 6.41. The molecule has 1 aliphatic heterocycles. The van der Waals surface area contributed by atoms with Crippen LogP contribution in [0.25, 0.3) is 6.08 Å². The van der Waals surface area contributed by atoms with Crippen LogP contribution in [0.4, 0.5) is 4.39 Å². The first-order chi connectivity index (χ1) is 14.0. The van der Waals surface area contributed by atoms with Gasteiger partial charge in [-0.2, -0.15) is 0 Å². The van der Waals surface area contributed by atoms with Gasteiger partial charge in [-0.3, -0.25) is 20.4 Å². The van der Waals surface area contributed by atoms with E-state index in [9.17, 15) is 18.8 Å². The Morgan fingerprint density at radius 2 is 1.79 bits per heavy atom. The minimum Gasteiger partial charge on any atom is -0.485 e. The predicted octanol–water partition coefficient (Wildman–Crippen LogP) is 1.37. The fraction of sp³-hybridized carbons (Fsp3) is 0.150. The molecule has 0 saturated heterocycles. The fourth-order valence-corrected chi connectivity index (χ4v) is 2.35. The van der Waals surface area contributed by atoms with Crippen LogP contribution in [0, 0.1) is 5.82 Å². The van der Waals surface area contributed by atoms with E-state index in [-0.39, 0.29) is 12.2 Å². The molecule has 0 saturated carbocycles. The highest BCUT2D eigenvalue weighted by Crippen LogP contribution is 2.30. The summed E-state index contributed by atoms with van der Waals surface area (Å²) in [6, 6.07) is 12.7. The average Bonchev–Trinajstić information content (AvgIpc) is 2.75. The monoisotopic (exact) mass is 400 g/mol. The van der Waals surface area contributed by atoms with Crippen LogP contribution in [0.2, 0.25) is 0 Å². The molecule has 9 heteroatoms. The molecule has 1 heterocycles. The van der Waals surface area contributed by atoms with Crippen molar-refractivity contribution in [1.82, 2.24) is 10.9 Å². The number of hydrazine groups is 1. The molecule has 1 aliphatic rings. The van der Waals surface area contributed by atoms with E-state index in [1.54, 1.807) is 30.3 Å². The Balaban J connectivity index is 1.39. The molecule has 3 rings (SSSR count). The number of ether oxygens (including phenoxy) is 3. The summed E-state index contributed by atoms with van der Waals surface area (Å²) in [7, 11) is 0. The molecule has 0 aromatic heterocycles. The fourth-order valence-electron chi connectivity index (χ4n) is 2.35. The van der Waals surface area contributed by atoms with Crippen LogP contribution >= 0.6 is 0 Å². The van der Waals surface area contributed by atoms with Crippen molar-refractivity contribution in [2.45, 2.75) is 6.10 Å². The van der Waals surface area contributed by atoms with Crippen molar-refractivity contribution in [3.8, 4) is 11.5 Å². The summed E-state index contributed by atoms with van der Waals surface area (Å²) in [6.45, 7) is -0.653. The maximum absolute atomic E-state index is 13.4. The van der Waals surface area contributed by atoms with E-state index in [2.05, 4.69) is 10.9 Å². The zero-order chi connectivity index (χ0) is 20.6. The number of halogens is 1. The minimum atomic E-state index is -0.948. The van der Waals surface area contributed by atoms with Crippen molar-refractivity contribution >= 4 is 23.9 Å². The second-order valence-electron chi connectivity index (χ2n) is 5.86. The van der Waals surface area contributed by atoms with Crippen LogP contribution in [0.3, 0.4) is 0 Å². The molecular weight excluding hydrogens is 383 g/mol. The quantitative estimate of drug-likeness (QED) is 0.447. The Labute approximate surface area is 165 Å². The number of esters is 1. The van der Waals surface area contributed by atoms with E-state index in [0.717, 1.165) is 6.08 Å². The standard InChI is InChI=1S/C20H17FN2O6/c21-14-6-2-1-5-13(14)9-10-19(25)28-12-18(24)22-23-20(26)17-11-27-15-7-3-4-8-16(15)29-17/h1-10,17H,11-12H2,(H,22,24)(H,23,26)/b10-9+. The van der Waals surface area contributed by atoms with Crippen LogP contribution in [0.5, 0.6) is 11.5 Å². The molecule has 2 N–H and O–H groups in total. The van der Waals surface area contributed by atoms with Gasteiger partial charge in [-0.05, 0) is 24.3 Å². The lowest BCUT2D eigenvalue weighted by atomic mass is 10.2. The van der Waals surface area contributed by atoms with Gasteiger partial charge in [0.05, 0.1) is 0 Å². The number of hydrogen-bond acceptors (Lipinski definition) is 6. The predicted molar refractivity (Wildman–Crippen MR) is 99.0 cm³/mol. The zero-order valence-corrected chi connectivity index (χ0v) is 15.1. The maximum Gasteiger partial charge on any atom is 0.331 e. The van der Waals surface area contributed by atoms with Crippen molar-refractivity contribution in [2.24, 2.45) is 0 Å². The number of amides is 2. The number of para-hydroxylation sites is 2. The molecular formula is C20H17FN2O6. The van der Waals surface area contributed by atoms with Gasteiger partial charge in [0.2, 0.25) is 6.10 Å². The molecule has 150 valence electrons. The van der Waals surface area contributed by atoms with E-state index in [0.29, 0.717) is 11.5 Å². The van der Waals surface area contributed by atoms with Gasteiger partial charge < -0.3 is 14.2 Å². The normalized spacial score (nSPS) is 14.9. The van der Waals surface area contributed by atoms with Crippen LogP contribution in [0.1, 0.15) is 5.56 Å². The van der Waals surface area contributed by atoms with Gasteiger partial charge in [-0.15, -0.1) is 0 Å². The molecule has 0 spiro atoms. The maximum atomic E-state index is 13.4. The molecule has 2 amide bonds. The first-order valence-electron chi connectivity index (χ1n) is 8.59. The van der Waals surface area contributed by atoms with Gasteiger partial charge >= 0.3 is 5.97 Å². The minimum absolute atomic E-state index is 0.0193. The van der Waals surface area contributed by atoms with Crippen LogP contribution in [-0.2, 0) is 19.1 Å². The van der Waals surface area contributed by atoms with Crippen molar-refractivity contribution in [3.63, 3.8) is 0 Å². The zero-order valence-electron chi connectivity index (χ0n) is 15.1. The number of rotatable bonds is 5. The smallest absolute Gasteiger partial charge is 0.331 e. The van der Waals surface area contributed by atoms with E-state index in [1.807, 2.05) is 0 Å². The summed E-state index contributed by atoms with van der Waals surface area (Å²) < 4.78 is 29.1. The largest absolute Gasteiger partial charge is 0.485 e. The number of benzene rings is 2. The molecule has 0 radical (unpaired) electrons. The molecule has 8 nitrogen and oxygen atoms in total. The highest BCUT2D eigenvalue weighted by Gasteiger charge is 2.27. The van der Waals surface area contributed by atoms with Crippen LogP contribution in [-0.4, -0.2) is 37.1 Å². The lowest BCUT2D eigenvalue weighted by molar-refractivity contribution is -0.145. The summed E-state index contributed by atoms with van der Waals surface area (Å²) in [5.41, 5.74) is 4.48. The highest BCUT2D eigenvalue weighted by molar-refractivity contribution is 5.90. The van der Waals surface area contributed by atoms with Gasteiger partial charge in [-0.25, -0.2) is 9.18 Å². The number of nitrogens with one attached hydrogen (secondary N) is 2. The van der Waals surface area contributed by atoms with E-state index < -0.39 is 36.3 Å². The lowest BCUT2D eigenvalue weighted by Crippen LogP contribution is -2.51. The third-order valence-electron chi connectivity index (χ3n) is 3.78. The lowest BCUT2D eigenvalue weighted by Gasteiger charge is -2.25. The second-order valence-corrected chi connectivity index (χ2v) is 5.86. The van der Waals surface area contributed by atoms with E-state index in [1.165, 1.54) is 24.3 Å². The third-order valence-corrected chi connectivity index (χ3v) is 3.78. The number of carbonyl (C=O) groups excluding carboxylic acids is 3. The summed E-state index contributed by atoms with van der Waals surface area (Å²) in [5.74, 6) is -1.78. The first kappa shape index (κ1) is 19.9. The number of carbonyl (C=O) groups is 3. The molecule has 0 bridgehead atoms. The van der Waals surface area contributed by atoms with E-state index >= 15 is 0 Å². The Hall–Kier alpha value is -3.88. The van der Waals surface area contributed by atoms with Gasteiger partial charge in [0.15, 0.2) is 18.1 Å². The van der Waals surface area contributed by atoms with Crippen LogP contribution < -0.4 is 20.3 Å². The van der Waals surface area contributed by atoms with Gasteiger partial charge in [-0.1, -0.05) is 30.3 Å². The third kappa shape index (κ3) is 5.55. The van der Waals surface area contributed by atoms with Crippen molar-refractivity contribution in [3.05, 3.63) is 66.0 Å². The van der Waals surface area contributed by atoms with E-state index in [4.69, 9.17) is 14.2 Å². The number of hydrogen-bond donors (Lipinski definition) is 2. The number of fused-ring (bicyclic) bond motifs is 1. The SMILES string of the molecule is O=C(COC(=O)/C=C/c1ccccc1F)NNC(=O)C1COc2ccccc2O1. The Morgan fingerprint density at radius 3 is 2.59 bits per heavy atom. The van der Waals surface area contributed by atoms with Crippen LogP contribution in [0.15, 0.2) is 54.6 Å². The molecule has 2 aromatic rings. The second kappa shape index (κ2) is 9.36. The Bertz CT molecular complexity index is 946. The molecule has 0 aliphatic carbocycles. The molecule has 29 heavy (non-hydrogen) atoms. The van der Waals surface area contributed by atoms with Crippen molar-refractivity contribution in [1.29, 1.82) is 0 Å². The summed E-state index contributed by atoms with van der Waals surface area (Å²) in [5, 5.41) is 0. The van der Waals surface area contributed by atoms with Gasteiger partial charge in [0, 0.05) is 11.6 Å². The summed E-state index contributed by atoms with van der Waals surface area (Å²) >= 11 is 0. The molecule has 1 atom stereocenters.